The van der Waals surface area contributed by atoms with Gasteiger partial charge in [0.2, 0.25) is 0 Å². The molecule has 0 radical (unpaired) electrons. The summed E-state index contributed by atoms with van der Waals surface area (Å²) in [6.45, 7) is 2.87. The van der Waals surface area contributed by atoms with Gasteiger partial charge in [0.15, 0.2) is 0 Å². The van der Waals surface area contributed by atoms with Crippen molar-refractivity contribution in [1.29, 1.82) is 0 Å². The second-order valence-corrected chi connectivity index (χ2v) is 7.99. The minimum Gasteiger partial charge on any atom is -0.491 e. The zero-order chi connectivity index (χ0) is 22.6. The van der Waals surface area contributed by atoms with Crippen LogP contribution in [0, 0.1) is 0 Å². The Bertz CT molecular complexity index is 916. The van der Waals surface area contributed by atoms with Crippen LogP contribution in [0.5, 0.6) is 11.5 Å². The fourth-order valence-electron chi connectivity index (χ4n) is 3.42. The topological polar surface area (TPSA) is 67.9 Å². The molecule has 1 aliphatic rings. The average Bonchev–Trinajstić information content (AvgIpc) is 2.91. The van der Waals surface area contributed by atoms with Crippen molar-refractivity contribution in [1.82, 2.24) is 10.2 Å². The van der Waals surface area contributed by atoms with Crippen LogP contribution in [-0.2, 0) is 17.8 Å². The maximum Gasteiger partial charge on any atom is 0.387 e. The summed E-state index contributed by atoms with van der Waals surface area (Å²) < 4.78 is 34.5. The van der Waals surface area contributed by atoms with Gasteiger partial charge in [-0.3, -0.25) is 9.69 Å². The average molecular weight is 432 g/mol. The highest BCUT2D eigenvalue weighted by Crippen LogP contribution is 2.26. The van der Waals surface area contributed by atoms with E-state index in [1.807, 2.05) is 38.1 Å². The van der Waals surface area contributed by atoms with E-state index in [1.54, 1.807) is 19.1 Å². The fraction of sp³-hybridized carbons (Fsp3) is 0.391. The predicted molar refractivity (Wildman–Crippen MR) is 111 cm³/mol. The van der Waals surface area contributed by atoms with Gasteiger partial charge in [-0.05, 0) is 69.0 Å². The van der Waals surface area contributed by atoms with Gasteiger partial charge in [0.1, 0.15) is 17.0 Å². The number of ether oxygens (including phenoxy) is 2. The first kappa shape index (κ1) is 22.5. The third-order valence-corrected chi connectivity index (χ3v) is 5.04. The largest absolute Gasteiger partial charge is 0.491 e. The molecule has 0 aliphatic carbocycles. The Morgan fingerprint density at radius 3 is 2.03 bits per heavy atom. The lowest BCUT2D eigenvalue weighted by atomic mass is 9.93. The first-order valence-electron chi connectivity index (χ1n) is 10.1. The van der Waals surface area contributed by atoms with E-state index in [2.05, 4.69) is 10.1 Å². The molecule has 0 spiro atoms. The standard InChI is InChI=1S/C23H26F2N2O4/c1-15(2)30-18-10-6-17(7-11-18)14-27-20(28)23(3,26-22(27)29)13-12-16-4-8-19(9-5-16)31-21(24)25/h4-11,15,21H,12-14H2,1-3H3,(H,26,29). The number of hydrogen-bond donors (Lipinski definition) is 1. The van der Waals surface area contributed by atoms with Crippen LogP contribution in [-0.4, -0.2) is 35.1 Å². The number of carbonyl (C=O) groups excluding carboxylic acids is 2. The monoisotopic (exact) mass is 432 g/mol. The van der Waals surface area contributed by atoms with E-state index < -0.39 is 18.2 Å². The molecule has 0 bridgehead atoms. The molecule has 2 aromatic rings. The minimum atomic E-state index is -2.87. The Morgan fingerprint density at radius 2 is 1.48 bits per heavy atom. The summed E-state index contributed by atoms with van der Waals surface area (Å²) in [7, 11) is 0. The molecule has 1 unspecified atom stereocenters. The van der Waals surface area contributed by atoms with Gasteiger partial charge < -0.3 is 14.8 Å². The third kappa shape index (κ3) is 5.71. The Labute approximate surface area is 180 Å². The van der Waals surface area contributed by atoms with Crippen LogP contribution >= 0.6 is 0 Å². The molecule has 166 valence electrons. The highest BCUT2D eigenvalue weighted by atomic mass is 19.3. The van der Waals surface area contributed by atoms with Crippen molar-refractivity contribution in [2.45, 2.75) is 58.4 Å². The quantitative estimate of drug-likeness (QED) is 0.592. The summed E-state index contributed by atoms with van der Waals surface area (Å²) >= 11 is 0. The number of alkyl halides is 2. The Balaban J connectivity index is 1.60. The van der Waals surface area contributed by atoms with E-state index in [0.29, 0.717) is 12.8 Å². The van der Waals surface area contributed by atoms with E-state index in [9.17, 15) is 18.4 Å². The SMILES string of the molecule is CC(C)Oc1ccc(CN2C(=O)NC(C)(CCc3ccc(OC(F)F)cc3)C2=O)cc1. The molecular formula is C23H26F2N2O4. The molecule has 0 saturated carbocycles. The lowest BCUT2D eigenvalue weighted by Gasteiger charge is -2.22. The highest BCUT2D eigenvalue weighted by molar-refractivity contribution is 6.06. The van der Waals surface area contributed by atoms with E-state index in [1.165, 1.54) is 17.0 Å². The molecule has 3 amide bonds. The van der Waals surface area contributed by atoms with E-state index in [4.69, 9.17) is 4.74 Å². The van der Waals surface area contributed by atoms with Crippen LogP contribution < -0.4 is 14.8 Å². The zero-order valence-electron chi connectivity index (χ0n) is 17.7. The first-order chi connectivity index (χ1) is 14.7. The number of imide groups is 1. The Kier molecular flexibility index (Phi) is 6.77. The molecular weight excluding hydrogens is 406 g/mol. The summed E-state index contributed by atoms with van der Waals surface area (Å²) in [5, 5.41) is 2.78. The lowest BCUT2D eigenvalue weighted by Crippen LogP contribution is -2.44. The summed E-state index contributed by atoms with van der Waals surface area (Å²) in [5.41, 5.74) is 0.637. The molecule has 1 N–H and O–H groups in total. The molecule has 1 saturated heterocycles. The van der Waals surface area contributed by atoms with Crippen molar-refractivity contribution >= 4 is 11.9 Å². The number of urea groups is 1. The van der Waals surface area contributed by atoms with Crippen LogP contribution in [0.4, 0.5) is 13.6 Å². The lowest BCUT2D eigenvalue weighted by molar-refractivity contribution is -0.131. The second-order valence-electron chi connectivity index (χ2n) is 7.99. The van der Waals surface area contributed by atoms with Gasteiger partial charge in [-0.1, -0.05) is 24.3 Å². The van der Waals surface area contributed by atoms with E-state index in [-0.39, 0.29) is 24.3 Å². The van der Waals surface area contributed by atoms with Gasteiger partial charge in [0.25, 0.3) is 5.91 Å². The number of hydrogen-bond acceptors (Lipinski definition) is 4. The van der Waals surface area contributed by atoms with Crippen LogP contribution in [0.3, 0.4) is 0 Å². The maximum absolute atomic E-state index is 13.0. The summed E-state index contributed by atoms with van der Waals surface area (Å²) in [6.07, 6.45) is 0.933. The van der Waals surface area contributed by atoms with Crippen LogP contribution in [0.15, 0.2) is 48.5 Å². The smallest absolute Gasteiger partial charge is 0.387 e. The number of benzene rings is 2. The number of halogens is 2. The van der Waals surface area contributed by atoms with E-state index in [0.717, 1.165) is 16.9 Å². The fourth-order valence-corrected chi connectivity index (χ4v) is 3.42. The Morgan fingerprint density at radius 1 is 0.935 bits per heavy atom. The van der Waals surface area contributed by atoms with Crippen molar-refractivity contribution in [2.75, 3.05) is 0 Å². The van der Waals surface area contributed by atoms with Crippen LogP contribution in [0.25, 0.3) is 0 Å². The molecule has 6 nitrogen and oxygen atoms in total. The molecule has 1 aliphatic heterocycles. The van der Waals surface area contributed by atoms with Gasteiger partial charge in [-0.2, -0.15) is 8.78 Å². The van der Waals surface area contributed by atoms with Crippen molar-refractivity contribution in [3.63, 3.8) is 0 Å². The molecule has 1 heterocycles. The number of amides is 3. The normalized spacial score (nSPS) is 18.6. The van der Waals surface area contributed by atoms with Gasteiger partial charge in [-0.15, -0.1) is 0 Å². The Hall–Kier alpha value is -3.16. The van der Waals surface area contributed by atoms with Crippen molar-refractivity contribution in [3.8, 4) is 11.5 Å². The van der Waals surface area contributed by atoms with Crippen LogP contribution in [0.1, 0.15) is 38.3 Å². The number of nitrogens with one attached hydrogen (secondary N) is 1. The van der Waals surface area contributed by atoms with Crippen LogP contribution in [0.2, 0.25) is 0 Å². The van der Waals surface area contributed by atoms with Gasteiger partial charge >= 0.3 is 12.6 Å². The highest BCUT2D eigenvalue weighted by Gasteiger charge is 2.47. The predicted octanol–water partition coefficient (Wildman–Crippen LogP) is 4.52. The summed E-state index contributed by atoms with van der Waals surface area (Å²) in [6, 6.07) is 13.1. The van der Waals surface area contributed by atoms with Gasteiger partial charge in [-0.25, -0.2) is 4.79 Å². The van der Waals surface area contributed by atoms with Gasteiger partial charge in [0, 0.05) is 0 Å². The molecule has 0 aromatic heterocycles. The minimum absolute atomic E-state index is 0.0607. The zero-order valence-corrected chi connectivity index (χ0v) is 17.7. The molecule has 8 heteroatoms. The first-order valence-corrected chi connectivity index (χ1v) is 10.1. The number of aryl methyl sites for hydroxylation is 1. The molecule has 3 rings (SSSR count). The molecule has 31 heavy (non-hydrogen) atoms. The number of rotatable bonds is 9. The van der Waals surface area contributed by atoms with Crippen molar-refractivity contribution in [2.24, 2.45) is 0 Å². The number of nitrogens with zero attached hydrogens (tertiary/aromatic N) is 1. The molecule has 2 aromatic carbocycles. The van der Waals surface area contributed by atoms with E-state index >= 15 is 0 Å². The third-order valence-electron chi connectivity index (χ3n) is 5.04. The summed E-state index contributed by atoms with van der Waals surface area (Å²) in [4.78, 5) is 26.6. The molecule has 1 atom stereocenters. The second kappa shape index (κ2) is 9.32. The molecule has 1 fully saturated rings. The number of carbonyl (C=O) groups is 2. The van der Waals surface area contributed by atoms with Crippen molar-refractivity contribution < 1.29 is 27.8 Å². The van der Waals surface area contributed by atoms with Gasteiger partial charge in [0.05, 0.1) is 12.6 Å². The summed E-state index contributed by atoms with van der Waals surface area (Å²) in [5.74, 6) is 0.509. The maximum atomic E-state index is 13.0. The van der Waals surface area contributed by atoms with Crippen molar-refractivity contribution in [3.05, 3.63) is 59.7 Å².